The highest BCUT2D eigenvalue weighted by Gasteiger charge is 2.50. The van der Waals surface area contributed by atoms with E-state index in [0.717, 1.165) is 22.9 Å². The smallest absolute Gasteiger partial charge is 0.223 e. The molecule has 1 saturated carbocycles. The van der Waals surface area contributed by atoms with E-state index in [1.165, 1.54) is 0 Å². The van der Waals surface area contributed by atoms with Crippen LogP contribution in [-0.2, 0) is 17.1 Å². The van der Waals surface area contributed by atoms with E-state index in [1.54, 1.807) is 23.1 Å². The van der Waals surface area contributed by atoms with Crippen LogP contribution in [0.4, 0.5) is 0 Å². The van der Waals surface area contributed by atoms with Gasteiger partial charge in [-0.25, -0.2) is 4.98 Å². The van der Waals surface area contributed by atoms with Gasteiger partial charge in [-0.3, -0.25) is 4.79 Å². The van der Waals surface area contributed by atoms with Gasteiger partial charge in [0.15, 0.2) is 0 Å². The van der Waals surface area contributed by atoms with Gasteiger partial charge in [-0.05, 0) is 18.1 Å². The maximum atomic E-state index is 11.8. The fraction of sp³-hybridized carbons (Fsp3) is 0.667. The zero-order valence-corrected chi connectivity index (χ0v) is 12.1. The van der Waals surface area contributed by atoms with Crippen molar-refractivity contribution in [2.45, 2.75) is 32.6 Å². The summed E-state index contributed by atoms with van der Waals surface area (Å²) in [5.74, 6) is 1.33. The minimum absolute atomic E-state index is 0.175. The molecule has 1 heterocycles. The monoisotopic (exact) mass is 270 g/mol. The van der Waals surface area contributed by atoms with Crippen molar-refractivity contribution in [3.05, 3.63) is 16.1 Å². The molecule has 94 valence electrons. The molecule has 1 aromatic rings. The Labute approximate surface area is 110 Å². The third-order valence-corrected chi connectivity index (χ3v) is 4.78. The van der Waals surface area contributed by atoms with Gasteiger partial charge in [-0.1, -0.05) is 13.8 Å². The molecule has 0 saturated heterocycles. The molecule has 1 N–H and O–H groups in total. The van der Waals surface area contributed by atoms with Gasteiger partial charge in [0, 0.05) is 17.1 Å². The zero-order valence-electron chi connectivity index (χ0n) is 10.4. The van der Waals surface area contributed by atoms with Crippen molar-refractivity contribution >= 4 is 29.0 Å². The molecule has 3 nitrogen and oxygen atoms in total. The van der Waals surface area contributed by atoms with E-state index >= 15 is 0 Å². The molecule has 1 fully saturated rings. The number of hydrogen-bond donors (Lipinski definition) is 1. The van der Waals surface area contributed by atoms with E-state index in [0.29, 0.717) is 6.54 Å². The molecule has 17 heavy (non-hydrogen) atoms. The summed E-state index contributed by atoms with van der Waals surface area (Å²) >= 11 is 3.43. The quantitative estimate of drug-likeness (QED) is 0.894. The number of nitrogens with zero attached hydrogens (tertiary/aromatic N) is 1. The van der Waals surface area contributed by atoms with Crippen molar-refractivity contribution in [3.8, 4) is 0 Å². The van der Waals surface area contributed by atoms with E-state index in [4.69, 9.17) is 0 Å². The van der Waals surface area contributed by atoms with Crippen molar-refractivity contribution in [2.24, 2.45) is 11.3 Å². The van der Waals surface area contributed by atoms with E-state index in [1.807, 2.05) is 5.38 Å². The number of aromatic nitrogens is 1. The van der Waals surface area contributed by atoms with E-state index in [9.17, 15) is 4.79 Å². The fourth-order valence-corrected chi connectivity index (χ4v) is 3.35. The summed E-state index contributed by atoms with van der Waals surface area (Å²) in [5, 5.41) is 6.13. The number of thiazole rings is 1. The summed E-state index contributed by atoms with van der Waals surface area (Å²) in [7, 11) is 0. The predicted molar refractivity (Wildman–Crippen MR) is 73.1 cm³/mol. The Kier molecular flexibility index (Phi) is 3.78. The lowest BCUT2D eigenvalue weighted by Crippen LogP contribution is -2.26. The molecule has 0 radical (unpaired) electrons. The fourth-order valence-electron chi connectivity index (χ4n) is 1.84. The average Bonchev–Trinajstić information content (AvgIpc) is 2.72. The molecular weight excluding hydrogens is 252 g/mol. The third-order valence-electron chi connectivity index (χ3n) is 3.14. The van der Waals surface area contributed by atoms with Crippen LogP contribution in [0.3, 0.4) is 0 Å². The number of carbonyl (C=O) groups excluding carboxylic acids is 1. The van der Waals surface area contributed by atoms with Crippen LogP contribution in [0.1, 0.15) is 31.0 Å². The Bertz CT molecular complexity index is 414. The van der Waals surface area contributed by atoms with Crippen molar-refractivity contribution in [3.63, 3.8) is 0 Å². The van der Waals surface area contributed by atoms with Gasteiger partial charge in [0.05, 0.1) is 12.2 Å². The number of amides is 1. The Balaban J connectivity index is 1.79. The molecule has 1 aliphatic rings. The normalized spacial score (nSPS) is 21.2. The summed E-state index contributed by atoms with van der Waals surface area (Å²) in [4.78, 5) is 16.3. The largest absolute Gasteiger partial charge is 0.350 e. The first kappa shape index (κ1) is 12.9. The molecule has 1 aromatic heterocycles. The lowest BCUT2D eigenvalue weighted by molar-refractivity contribution is -0.123. The Morgan fingerprint density at radius 1 is 1.71 bits per heavy atom. The second-order valence-electron chi connectivity index (χ2n) is 5.13. The van der Waals surface area contributed by atoms with Gasteiger partial charge < -0.3 is 5.32 Å². The molecule has 5 heteroatoms. The molecule has 0 aromatic carbocycles. The Morgan fingerprint density at radius 2 is 2.41 bits per heavy atom. The summed E-state index contributed by atoms with van der Waals surface area (Å²) in [6.07, 6.45) is 3.08. The lowest BCUT2D eigenvalue weighted by atomic mass is 10.1. The van der Waals surface area contributed by atoms with Crippen LogP contribution in [0, 0.1) is 11.3 Å². The van der Waals surface area contributed by atoms with E-state index < -0.39 is 0 Å². The highest BCUT2D eigenvalue weighted by atomic mass is 32.2. The summed E-state index contributed by atoms with van der Waals surface area (Å²) in [6, 6.07) is 0. The number of rotatable bonds is 5. The predicted octanol–water partition coefficient (Wildman–Crippen LogP) is 2.67. The molecule has 1 aliphatic carbocycles. The highest BCUT2D eigenvalue weighted by Crippen LogP contribution is 2.51. The number of hydrogen-bond acceptors (Lipinski definition) is 4. The molecule has 1 atom stereocenters. The van der Waals surface area contributed by atoms with Crippen LogP contribution < -0.4 is 5.32 Å². The molecule has 0 aliphatic heterocycles. The van der Waals surface area contributed by atoms with Crippen LogP contribution in [0.25, 0.3) is 0 Å². The topological polar surface area (TPSA) is 42.0 Å². The van der Waals surface area contributed by atoms with Crippen LogP contribution in [0.2, 0.25) is 0 Å². The minimum atomic E-state index is 0.175. The van der Waals surface area contributed by atoms with Gasteiger partial charge in [0.25, 0.3) is 0 Å². The first-order valence-corrected chi connectivity index (χ1v) is 8.00. The summed E-state index contributed by atoms with van der Waals surface area (Å²) in [5.41, 5.74) is 1.18. The van der Waals surface area contributed by atoms with Gasteiger partial charge >= 0.3 is 0 Å². The summed E-state index contributed by atoms with van der Waals surface area (Å²) < 4.78 is 0. The molecule has 0 bridgehead atoms. The minimum Gasteiger partial charge on any atom is -0.350 e. The second-order valence-corrected chi connectivity index (χ2v) is 6.94. The van der Waals surface area contributed by atoms with Crippen LogP contribution >= 0.6 is 23.1 Å². The van der Waals surface area contributed by atoms with Gasteiger partial charge in [0.1, 0.15) is 5.01 Å². The van der Waals surface area contributed by atoms with Crippen LogP contribution in [0.5, 0.6) is 0 Å². The highest BCUT2D eigenvalue weighted by molar-refractivity contribution is 7.97. The number of nitrogens with one attached hydrogen (secondary N) is 1. The van der Waals surface area contributed by atoms with E-state index in [-0.39, 0.29) is 17.2 Å². The maximum Gasteiger partial charge on any atom is 0.223 e. The summed E-state index contributed by atoms with van der Waals surface area (Å²) in [6.45, 7) is 4.84. The average molecular weight is 270 g/mol. The molecule has 0 unspecified atom stereocenters. The standard InChI is InChI=1S/C12H18N2OS2/c1-12(2)4-9(12)11(15)13-5-8-6-17-10(14-8)7-16-3/h6,9H,4-5,7H2,1-3H3,(H,13,15)/t9-/m1/s1. The van der Waals surface area contributed by atoms with Crippen molar-refractivity contribution in [1.82, 2.24) is 10.3 Å². The van der Waals surface area contributed by atoms with Crippen molar-refractivity contribution in [1.29, 1.82) is 0 Å². The number of thioether (sulfide) groups is 1. The maximum absolute atomic E-state index is 11.8. The lowest BCUT2D eigenvalue weighted by Gasteiger charge is -2.04. The second kappa shape index (κ2) is 4.98. The SMILES string of the molecule is CSCc1nc(CNC(=O)[C@H]2CC2(C)C)cs1. The third kappa shape index (κ3) is 3.22. The van der Waals surface area contributed by atoms with Crippen LogP contribution in [0.15, 0.2) is 5.38 Å². The van der Waals surface area contributed by atoms with E-state index in [2.05, 4.69) is 30.4 Å². The van der Waals surface area contributed by atoms with Gasteiger partial charge in [0.2, 0.25) is 5.91 Å². The Morgan fingerprint density at radius 3 is 3.00 bits per heavy atom. The van der Waals surface area contributed by atoms with Crippen LogP contribution in [-0.4, -0.2) is 17.1 Å². The first-order valence-electron chi connectivity index (χ1n) is 5.73. The molecule has 1 amide bonds. The first-order chi connectivity index (χ1) is 8.03. The van der Waals surface area contributed by atoms with Gasteiger partial charge in [-0.15, -0.1) is 11.3 Å². The van der Waals surface area contributed by atoms with Crippen molar-refractivity contribution in [2.75, 3.05) is 6.26 Å². The Hall–Kier alpha value is -0.550. The molecular formula is C12H18N2OS2. The van der Waals surface area contributed by atoms with Gasteiger partial charge in [-0.2, -0.15) is 11.8 Å². The molecule has 2 rings (SSSR count). The zero-order chi connectivity index (χ0) is 12.5. The molecule has 0 spiro atoms. The van der Waals surface area contributed by atoms with Crippen molar-refractivity contribution < 1.29 is 4.79 Å². The number of carbonyl (C=O) groups is 1.